The molecular weight excluding hydrogens is 212 g/mol. The molecule has 0 aliphatic carbocycles. The van der Waals surface area contributed by atoms with Crippen LogP contribution in [0.5, 0.6) is 0 Å². The van der Waals surface area contributed by atoms with Crippen LogP contribution in [0.4, 0.5) is 4.79 Å². The number of carbonyl (C=O) groups is 1. The summed E-state index contributed by atoms with van der Waals surface area (Å²) in [5, 5.41) is 8.26. The van der Waals surface area contributed by atoms with Crippen molar-refractivity contribution in [1.82, 2.24) is 9.03 Å². The highest BCUT2D eigenvalue weighted by atomic mass is 32.2. The number of nitrogens with one attached hydrogen (secondary N) is 1. The summed E-state index contributed by atoms with van der Waals surface area (Å²) in [5.41, 5.74) is -0.507. The molecule has 0 atom stereocenters. The fourth-order valence-corrected chi connectivity index (χ4v) is 2.41. The average molecular weight is 224 g/mol. The molecule has 1 aliphatic heterocycles. The van der Waals surface area contributed by atoms with E-state index in [1.165, 1.54) is 11.8 Å². The second-order valence-corrected chi connectivity index (χ2v) is 5.00. The summed E-state index contributed by atoms with van der Waals surface area (Å²) in [6.07, 6.45) is -1.59. The van der Waals surface area contributed by atoms with Crippen molar-refractivity contribution in [1.29, 1.82) is 0 Å². The van der Waals surface area contributed by atoms with Gasteiger partial charge < -0.3 is 9.84 Å². The third-order valence-electron chi connectivity index (χ3n) is 2.07. The molecule has 82 valence electrons. The molecule has 0 bridgehead atoms. The van der Waals surface area contributed by atoms with Crippen molar-refractivity contribution in [2.75, 3.05) is 20.2 Å². The predicted octanol–water partition coefficient (Wildman–Crippen LogP) is -0.780. The van der Waals surface area contributed by atoms with E-state index in [9.17, 15) is 13.2 Å². The van der Waals surface area contributed by atoms with Gasteiger partial charge in [0, 0.05) is 20.2 Å². The van der Waals surface area contributed by atoms with Gasteiger partial charge in [-0.2, -0.15) is 12.7 Å². The van der Waals surface area contributed by atoms with Crippen LogP contribution in [0.15, 0.2) is 0 Å². The minimum atomic E-state index is -3.90. The third-order valence-corrected chi connectivity index (χ3v) is 3.44. The van der Waals surface area contributed by atoms with Gasteiger partial charge in [0.15, 0.2) is 0 Å². The van der Waals surface area contributed by atoms with E-state index in [0.717, 1.165) is 4.31 Å². The van der Waals surface area contributed by atoms with Crippen molar-refractivity contribution in [3.8, 4) is 0 Å². The maximum Gasteiger partial charge on any atom is 0.419 e. The molecule has 0 radical (unpaired) electrons. The molecule has 14 heavy (non-hydrogen) atoms. The Morgan fingerprint density at radius 1 is 1.57 bits per heavy atom. The fraction of sp³-hybridized carbons (Fsp3) is 0.833. The van der Waals surface area contributed by atoms with Crippen molar-refractivity contribution in [3.63, 3.8) is 0 Å². The van der Waals surface area contributed by atoms with Crippen molar-refractivity contribution in [2.45, 2.75) is 12.5 Å². The highest BCUT2D eigenvalue weighted by molar-refractivity contribution is 7.87. The number of carboxylic acid groups (broad SMARTS) is 1. The van der Waals surface area contributed by atoms with Gasteiger partial charge in [-0.25, -0.2) is 9.52 Å². The van der Waals surface area contributed by atoms with E-state index in [-0.39, 0.29) is 13.1 Å². The summed E-state index contributed by atoms with van der Waals surface area (Å²) >= 11 is 0. The number of hydrogen-bond donors (Lipinski definition) is 2. The first-order chi connectivity index (χ1) is 6.29. The third kappa shape index (κ3) is 2.14. The molecule has 1 aliphatic rings. The lowest BCUT2D eigenvalue weighted by Crippen LogP contribution is -2.64. The molecule has 0 aromatic heterocycles. The van der Waals surface area contributed by atoms with Crippen LogP contribution in [0, 0.1) is 0 Å². The fourth-order valence-electron chi connectivity index (χ4n) is 1.17. The molecule has 0 unspecified atom stereocenters. The molecule has 1 saturated heterocycles. The van der Waals surface area contributed by atoms with Crippen molar-refractivity contribution in [2.24, 2.45) is 0 Å². The van der Waals surface area contributed by atoms with Crippen LogP contribution in [0.1, 0.15) is 6.92 Å². The SMILES string of the molecule is COC1(C)CN(S(=O)(=O)NC(=O)O)C1. The Labute approximate surface area is 81.8 Å². The molecule has 1 rings (SSSR count). The summed E-state index contributed by atoms with van der Waals surface area (Å²) in [6, 6.07) is 0. The van der Waals surface area contributed by atoms with Gasteiger partial charge in [0.1, 0.15) is 0 Å². The first-order valence-corrected chi connectivity index (χ1v) is 5.29. The minimum absolute atomic E-state index is 0.159. The topological polar surface area (TPSA) is 95.9 Å². The smallest absolute Gasteiger partial charge is 0.419 e. The Morgan fingerprint density at radius 3 is 2.43 bits per heavy atom. The lowest BCUT2D eigenvalue weighted by molar-refractivity contribution is -0.0772. The molecule has 2 N–H and O–H groups in total. The van der Waals surface area contributed by atoms with Crippen molar-refractivity contribution < 1.29 is 23.1 Å². The van der Waals surface area contributed by atoms with E-state index >= 15 is 0 Å². The second kappa shape index (κ2) is 3.37. The first-order valence-electron chi connectivity index (χ1n) is 3.85. The van der Waals surface area contributed by atoms with Gasteiger partial charge in [-0.05, 0) is 6.92 Å². The van der Waals surface area contributed by atoms with Crippen LogP contribution in [-0.2, 0) is 14.9 Å². The lowest BCUT2D eigenvalue weighted by atomic mass is 10.0. The largest absolute Gasteiger partial charge is 0.464 e. The van der Waals surface area contributed by atoms with Gasteiger partial charge >= 0.3 is 16.3 Å². The molecule has 0 saturated carbocycles. The number of hydrogen-bond acceptors (Lipinski definition) is 4. The zero-order valence-corrected chi connectivity index (χ0v) is 8.67. The van der Waals surface area contributed by atoms with Gasteiger partial charge in [-0.15, -0.1) is 0 Å². The van der Waals surface area contributed by atoms with E-state index in [0.29, 0.717) is 0 Å². The summed E-state index contributed by atoms with van der Waals surface area (Å²) in [5.74, 6) is 0. The van der Waals surface area contributed by atoms with Crippen molar-refractivity contribution >= 4 is 16.3 Å². The average Bonchev–Trinajstić information content (AvgIpc) is 1.96. The standard InChI is InChI=1S/C6H12N2O5S/c1-6(13-2)3-8(4-6)14(11,12)7-5(9)10/h7H,3-4H2,1-2H3,(H,9,10). The van der Waals surface area contributed by atoms with Gasteiger partial charge in [0.05, 0.1) is 5.60 Å². The highest BCUT2D eigenvalue weighted by Crippen LogP contribution is 2.25. The maximum absolute atomic E-state index is 11.2. The number of nitrogens with zero attached hydrogens (tertiary/aromatic N) is 1. The van der Waals surface area contributed by atoms with Crippen LogP contribution >= 0.6 is 0 Å². The Kier molecular flexibility index (Phi) is 2.70. The normalized spacial score (nSPS) is 21.3. The molecule has 1 heterocycles. The second-order valence-electron chi connectivity index (χ2n) is 3.33. The van der Waals surface area contributed by atoms with Crippen LogP contribution in [0.2, 0.25) is 0 Å². The highest BCUT2D eigenvalue weighted by Gasteiger charge is 2.45. The van der Waals surface area contributed by atoms with E-state index in [4.69, 9.17) is 9.84 Å². The zero-order valence-electron chi connectivity index (χ0n) is 7.85. The van der Waals surface area contributed by atoms with Gasteiger partial charge in [0.2, 0.25) is 0 Å². The Morgan fingerprint density at radius 2 is 2.07 bits per heavy atom. The van der Waals surface area contributed by atoms with Crippen LogP contribution in [0.3, 0.4) is 0 Å². The quantitative estimate of drug-likeness (QED) is 0.655. The monoisotopic (exact) mass is 224 g/mol. The van der Waals surface area contributed by atoms with Gasteiger partial charge in [-0.1, -0.05) is 0 Å². The van der Waals surface area contributed by atoms with Crippen molar-refractivity contribution in [3.05, 3.63) is 0 Å². The maximum atomic E-state index is 11.2. The van der Waals surface area contributed by atoms with Gasteiger partial charge in [-0.3, -0.25) is 0 Å². The number of methoxy groups -OCH3 is 1. The van der Waals surface area contributed by atoms with Gasteiger partial charge in [0.25, 0.3) is 0 Å². The van der Waals surface area contributed by atoms with Crippen LogP contribution in [0.25, 0.3) is 0 Å². The Balaban J connectivity index is 2.59. The Bertz CT molecular complexity index is 332. The zero-order chi connectivity index (χ0) is 11.0. The molecule has 1 fully saturated rings. The summed E-state index contributed by atoms with van der Waals surface area (Å²) in [4.78, 5) is 10.1. The summed E-state index contributed by atoms with van der Waals surface area (Å²) in [6.45, 7) is 2.07. The summed E-state index contributed by atoms with van der Waals surface area (Å²) in [7, 11) is -2.42. The summed E-state index contributed by atoms with van der Waals surface area (Å²) < 4.78 is 29.9. The predicted molar refractivity (Wildman–Crippen MR) is 47.1 cm³/mol. The lowest BCUT2D eigenvalue weighted by Gasteiger charge is -2.44. The molecule has 1 amide bonds. The number of rotatable bonds is 3. The van der Waals surface area contributed by atoms with Crippen LogP contribution < -0.4 is 4.72 Å². The number of ether oxygens (including phenoxy) is 1. The van der Waals surface area contributed by atoms with E-state index < -0.39 is 21.9 Å². The number of amides is 1. The van der Waals surface area contributed by atoms with E-state index in [1.54, 1.807) is 6.92 Å². The molecule has 0 aromatic rings. The van der Waals surface area contributed by atoms with Crippen LogP contribution in [-0.4, -0.2) is 49.7 Å². The van der Waals surface area contributed by atoms with E-state index in [2.05, 4.69) is 0 Å². The molecule has 0 spiro atoms. The molecule has 8 heteroatoms. The Hall–Kier alpha value is -0.860. The first kappa shape index (κ1) is 11.2. The van der Waals surface area contributed by atoms with E-state index in [1.807, 2.05) is 0 Å². The minimum Gasteiger partial charge on any atom is -0.464 e. The molecular formula is C6H12N2O5S. The molecule has 0 aromatic carbocycles. The molecule has 7 nitrogen and oxygen atoms in total.